The minimum Gasteiger partial charge on any atom is -0.341 e. The Balaban J connectivity index is 0.00000342. The molecule has 0 spiro atoms. The molecule has 8 heteroatoms. The van der Waals surface area contributed by atoms with Crippen molar-refractivity contribution in [2.24, 2.45) is 0 Å². The van der Waals surface area contributed by atoms with Crippen LogP contribution >= 0.6 is 12.4 Å². The van der Waals surface area contributed by atoms with E-state index in [0.717, 1.165) is 21.9 Å². The van der Waals surface area contributed by atoms with Gasteiger partial charge in [0.05, 0.1) is 30.5 Å². The second-order valence-electron chi connectivity index (χ2n) is 8.70. The largest absolute Gasteiger partial charge is 0.341 e. The van der Waals surface area contributed by atoms with Crippen LogP contribution in [0.25, 0.3) is 10.8 Å². The van der Waals surface area contributed by atoms with Crippen molar-refractivity contribution in [2.45, 2.75) is 39.4 Å². The smallest absolute Gasteiger partial charge is 0.251 e. The van der Waals surface area contributed by atoms with E-state index in [4.69, 9.17) is 0 Å². The molecule has 35 heavy (non-hydrogen) atoms. The average Bonchev–Trinajstić information content (AvgIpc) is 2.95. The number of aryl methyl sites for hydroxylation is 1. The third-order valence-corrected chi connectivity index (χ3v) is 6.51. The first-order valence-electron chi connectivity index (χ1n) is 11.4. The number of likely N-dealkylation sites (N-methyl/N-ethyl adjacent to an activating group) is 1. The quantitative estimate of drug-likeness (QED) is 0.568. The molecule has 0 bridgehead atoms. The van der Waals surface area contributed by atoms with Crippen LogP contribution < -0.4 is 20.4 Å². The van der Waals surface area contributed by atoms with Crippen molar-refractivity contribution in [1.29, 1.82) is 0 Å². The topological polar surface area (TPSA) is 81.8 Å². The van der Waals surface area contributed by atoms with Crippen molar-refractivity contribution >= 4 is 52.3 Å². The van der Waals surface area contributed by atoms with Crippen LogP contribution in [-0.4, -0.2) is 43.4 Å². The number of fused-ring (bicyclic) bond motifs is 2. The number of amides is 3. The van der Waals surface area contributed by atoms with Gasteiger partial charge in [-0.1, -0.05) is 48.5 Å². The predicted octanol–water partition coefficient (Wildman–Crippen LogP) is 3.56. The lowest BCUT2D eigenvalue weighted by Crippen LogP contribution is -2.55. The van der Waals surface area contributed by atoms with Crippen molar-refractivity contribution in [2.75, 3.05) is 23.4 Å². The van der Waals surface area contributed by atoms with E-state index in [1.54, 1.807) is 23.8 Å². The Morgan fingerprint density at radius 3 is 2.37 bits per heavy atom. The molecule has 3 amide bonds. The maximum atomic E-state index is 13.9. The lowest BCUT2D eigenvalue weighted by atomic mass is 9.99. The molecule has 184 valence electrons. The minimum absolute atomic E-state index is 0. The average molecular weight is 495 g/mol. The molecule has 0 fully saturated rings. The zero-order chi connectivity index (χ0) is 24.4. The molecule has 2 unspecified atom stereocenters. The van der Waals surface area contributed by atoms with Gasteiger partial charge in [0, 0.05) is 6.92 Å². The first kappa shape index (κ1) is 26.2. The molecule has 1 aliphatic heterocycles. The van der Waals surface area contributed by atoms with Gasteiger partial charge in [0.1, 0.15) is 6.04 Å². The summed E-state index contributed by atoms with van der Waals surface area (Å²) in [5, 5.41) is 7.93. The van der Waals surface area contributed by atoms with Gasteiger partial charge in [0.25, 0.3) is 5.91 Å². The Labute approximate surface area is 211 Å². The van der Waals surface area contributed by atoms with E-state index >= 15 is 0 Å². The van der Waals surface area contributed by atoms with Crippen molar-refractivity contribution < 1.29 is 14.4 Å². The fourth-order valence-corrected chi connectivity index (χ4v) is 4.40. The number of benzene rings is 3. The molecule has 1 aliphatic rings. The predicted molar refractivity (Wildman–Crippen MR) is 142 cm³/mol. The van der Waals surface area contributed by atoms with E-state index in [1.807, 2.05) is 43.3 Å². The molecule has 0 radical (unpaired) electrons. The Kier molecular flexibility index (Phi) is 8.14. The van der Waals surface area contributed by atoms with Crippen molar-refractivity contribution in [3.05, 3.63) is 71.8 Å². The third kappa shape index (κ3) is 5.16. The van der Waals surface area contributed by atoms with Gasteiger partial charge in [-0.05, 0) is 54.9 Å². The normalized spacial score (nSPS) is 16.2. The number of nitrogens with zero attached hydrogens (tertiary/aromatic N) is 2. The van der Waals surface area contributed by atoms with Crippen LogP contribution in [0, 0.1) is 6.92 Å². The van der Waals surface area contributed by atoms with Gasteiger partial charge in [0.2, 0.25) is 11.8 Å². The van der Waals surface area contributed by atoms with Gasteiger partial charge in [-0.2, -0.15) is 0 Å². The van der Waals surface area contributed by atoms with E-state index in [0.29, 0.717) is 17.9 Å². The molecule has 2 N–H and O–H groups in total. The number of carbonyl (C=O) groups excluding carboxylic acids is 3. The summed E-state index contributed by atoms with van der Waals surface area (Å²) >= 11 is 0. The van der Waals surface area contributed by atoms with Gasteiger partial charge >= 0.3 is 0 Å². The second-order valence-corrected chi connectivity index (χ2v) is 8.70. The lowest BCUT2D eigenvalue weighted by molar-refractivity contribution is -0.128. The monoisotopic (exact) mass is 494 g/mol. The molecule has 0 saturated carbocycles. The molecule has 4 rings (SSSR count). The number of halogens is 1. The van der Waals surface area contributed by atoms with Crippen LogP contribution in [0.15, 0.2) is 60.7 Å². The molecule has 0 aromatic heterocycles. The lowest BCUT2D eigenvalue weighted by Gasteiger charge is -2.27. The summed E-state index contributed by atoms with van der Waals surface area (Å²) < 4.78 is 0. The molecule has 3 aromatic rings. The van der Waals surface area contributed by atoms with Crippen molar-refractivity contribution in [3.8, 4) is 0 Å². The van der Waals surface area contributed by atoms with Gasteiger partial charge in [0.15, 0.2) is 0 Å². The fourth-order valence-electron chi connectivity index (χ4n) is 4.40. The van der Waals surface area contributed by atoms with E-state index < -0.39 is 12.1 Å². The van der Waals surface area contributed by atoms with E-state index in [2.05, 4.69) is 34.9 Å². The number of para-hydroxylation sites is 2. The summed E-state index contributed by atoms with van der Waals surface area (Å²) in [5.74, 6) is -0.735. The molecule has 2 atom stereocenters. The Morgan fingerprint density at radius 2 is 1.69 bits per heavy atom. The van der Waals surface area contributed by atoms with E-state index in [-0.39, 0.29) is 36.7 Å². The Hall–Kier alpha value is -3.42. The van der Waals surface area contributed by atoms with E-state index in [9.17, 15) is 14.4 Å². The number of nitrogens with one attached hydrogen (secondary N) is 2. The maximum Gasteiger partial charge on any atom is 0.251 e. The highest BCUT2D eigenvalue weighted by molar-refractivity contribution is 6.08. The summed E-state index contributed by atoms with van der Waals surface area (Å²) in [7, 11) is 1.69. The SMILES string of the molecule is CNC(C)C(=O)NC1CN(C(C)=O)c2ccccc2N(Cc2c(C)ccc3ccccc23)C1=O.Cl. The standard InChI is InChI=1S/C27H30N4O3.ClH/c1-17-13-14-20-9-5-6-10-21(20)22(17)15-31-25-12-8-7-11-24(25)30(19(3)32)16-23(27(31)34)29-26(33)18(2)28-4;/h5-14,18,23,28H,15-16H2,1-4H3,(H,29,33);1H. The zero-order valence-electron chi connectivity index (χ0n) is 20.4. The van der Waals surface area contributed by atoms with Crippen molar-refractivity contribution in [1.82, 2.24) is 10.6 Å². The Morgan fingerprint density at radius 1 is 1.03 bits per heavy atom. The highest BCUT2D eigenvalue weighted by atomic mass is 35.5. The summed E-state index contributed by atoms with van der Waals surface area (Å²) in [6.45, 7) is 5.62. The summed E-state index contributed by atoms with van der Waals surface area (Å²) in [6, 6.07) is 18.3. The highest BCUT2D eigenvalue weighted by Crippen LogP contribution is 2.35. The molecule has 1 heterocycles. The van der Waals surface area contributed by atoms with Gasteiger partial charge < -0.3 is 20.4 Å². The van der Waals surface area contributed by atoms with Crippen molar-refractivity contribution in [3.63, 3.8) is 0 Å². The van der Waals surface area contributed by atoms with Crippen LogP contribution in [0.4, 0.5) is 11.4 Å². The summed E-state index contributed by atoms with van der Waals surface area (Å²) in [5.41, 5.74) is 3.40. The maximum absolute atomic E-state index is 13.9. The second kappa shape index (κ2) is 10.9. The Bertz CT molecular complexity index is 1260. The number of hydrogen-bond acceptors (Lipinski definition) is 4. The number of hydrogen-bond donors (Lipinski definition) is 2. The van der Waals surface area contributed by atoms with E-state index in [1.165, 1.54) is 6.92 Å². The van der Waals surface area contributed by atoms with Gasteiger partial charge in [-0.15, -0.1) is 12.4 Å². The molecule has 0 saturated heterocycles. The van der Waals surface area contributed by atoms with Crippen LogP contribution in [-0.2, 0) is 20.9 Å². The van der Waals surface area contributed by atoms with Gasteiger partial charge in [-0.25, -0.2) is 0 Å². The van der Waals surface area contributed by atoms with Crippen LogP contribution in [0.5, 0.6) is 0 Å². The highest BCUT2D eigenvalue weighted by Gasteiger charge is 2.36. The number of rotatable bonds is 5. The zero-order valence-corrected chi connectivity index (χ0v) is 21.2. The molecular weight excluding hydrogens is 464 g/mol. The van der Waals surface area contributed by atoms with Crippen LogP contribution in [0.2, 0.25) is 0 Å². The molecular formula is C27H31ClN4O3. The first-order valence-corrected chi connectivity index (χ1v) is 11.4. The number of anilines is 2. The van der Waals surface area contributed by atoms with Gasteiger partial charge in [-0.3, -0.25) is 14.4 Å². The number of carbonyl (C=O) groups is 3. The minimum atomic E-state index is -0.880. The molecule has 0 aliphatic carbocycles. The first-order chi connectivity index (χ1) is 16.3. The third-order valence-electron chi connectivity index (χ3n) is 6.51. The summed E-state index contributed by atoms with van der Waals surface area (Å²) in [4.78, 5) is 42.5. The fraction of sp³-hybridized carbons (Fsp3) is 0.296. The molecule has 3 aromatic carbocycles. The van der Waals surface area contributed by atoms with Crippen LogP contribution in [0.1, 0.15) is 25.0 Å². The van der Waals surface area contributed by atoms with Crippen LogP contribution in [0.3, 0.4) is 0 Å². The summed E-state index contributed by atoms with van der Waals surface area (Å²) in [6.07, 6.45) is 0. The molecule has 7 nitrogen and oxygen atoms in total.